The van der Waals surface area contributed by atoms with Crippen LogP contribution in [0.1, 0.15) is 15.9 Å². The van der Waals surface area contributed by atoms with Crippen LogP contribution in [0.5, 0.6) is 0 Å². The van der Waals surface area contributed by atoms with Crippen molar-refractivity contribution in [2.24, 2.45) is 0 Å². The normalized spacial score (nSPS) is 10.2. The summed E-state index contributed by atoms with van der Waals surface area (Å²) in [7, 11) is 0. The Bertz CT molecular complexity index is 350. The molecule has 0 aliphatic heterocycles. The lowest BCUT2D eigenvalue weighted by Gasteiger charge is -2.04. The smallest absolute Gasteiger partial charge is 0.179 e. The number of alkyl halides is 1. The van der Waals surface area contributed by atoms with Gasteiger partial charge in [0.25, 0.3) is 0 Å². The maximum absolute atomic E-state index is 12.9. The molecule has 0 aliphatic rings. The molecule has 4 heteroatoms. The van der Waals surface area contributed by atoms with Gasteiger partial charge in [0.15, 0.2) is 5.78 Å². The van der Waals surface area contributed by atoms with E-state index in [0.29, 0.717) is 0 Å². The Labute approximate surface area is 85.5 Å². The van der Waals surface area contributed by atoms with Gasteiger partial charge in [-0.3, -0.25) is 4.79 Å². The minimum atomic E-state index is -0.420. The highest BCUT2D eigenvalue weighted by Gasteiger charge is 2.13. The summed E-state index contributed by atoms with van der Waals surface area (Å²) in [5, 5.41) is 0.144. The van der Waals surface area contributed by atoms with Crippen molar-refractivity contribution in [3.05, 3.63) is 34.1 Å². The van der Waals surface area contributed by atoms with Gasteiger partial charge in [0.1, 0.15) is 5.82 Å². The van der Waals surface area contributed by atoms with E-state index in [2.05, 4.69) is 0 Å². The van der Waals surface area contributed by atoms with Gasteiger partial charge in [-0.05, 0) is 19.1 Å². The highest BCUT2D eigenvalue weighted by Crippen LogP contribution is 2.23. The van der Waals surface area contributed by atoms with Crippen LogP contribution in [0.2, 0.25) is 5.02 Å². The minimum Gasteiger partial charge on any atom is -0.293 e. The molecule has 0 amide bonds. The standard InChI is InChI=1S/C9H7Cl2FO/c1-5-7(12)3-2-6(9(5)11)8(13)4-10/h2-3H,4H2,1H3. The molecule has 0 radical (unpaired) electrons. The van der Waals surface area contributed by atoms with E-state index in [9.17, 15) is 9.18 Å². The second-order valence-corrected chi connectivity index (χ2v) is 3.24. The van der Waals surface area contributed by atoms with Crippen LogP contribution in [0.3, 0.4) is 0 Å². The third-order valence-corrected chi connectivity index (χ3v) is 2.47. The summed E-state index contributed by atoms with van der Waals surface area (Å²) in [4.78, 5) is 11.2. The van der Waals surface area contributed by atoms with Gasteiger partial charge in [-0.1, -0.05) is 11.6 Å². The molecule has 0 unspecified atom stereocenters. The molecule has 0 saturated heterocycles. The first-order valence-corrected chi connectivity index (χ1v) is 4.53. The second-order valence-electron chi connectivity index (χ2n) is 2.59. The van der Waals surface area contributed by atoms with Crippen LogP contribution < -0.4 is 0 Å². The summed E-state index contributed by atoms with van der Waals surface area (Å²) >= 11 is 11.1. The second kappa shape index (κ2) is 4.07. The van der Waals surface area contributed by atoms with Crippen LogP contribution in [-0.4, -0.2) is 11.7 Å². The molecule has 1 aromatic carbocycles. The number of hydrogen-bond acceptors (Lipinski definition) is 1. The van der Waals surface area contributed by atoms with Crippen molar-refractivity contribution in [1.29, 1.82) is 0 Å². The average Bonchev–Trinajstić information content (AvgIpc) is 2.13. The lowest BCUT2D eigenvalue weighted by Crippen LogP contribution is -2.03. The first-order chi connectivity index (χ1) is 6.07. The van der Waals surface area contributed by atoms with Crippen molar-refractivity contribution in [2.75, 3.05) is 5.88 Å². The molecule has 1 aromatic rings. The van der Waals surface area contributed by atoms with E-state index < -0.39 is 5.82 Å². The number of ketones is 1. The van der Waals surface area contributed by atoms with Gasteiger partial charge in [0, 0.05) is 11.1 Å². The predicted octanol–water partition coefficient (Wildman–Crippen LogP) is 3.21. The molecule has 0 aliphatic carbocycles. The van der Waals surface area contributed by atoms with E-state index >= 15 is 0 Å². The number of halogens is 3. The van der Waals surface area contributed by atoms with E-state index in [4.69, 9.17) is 23.2 Å². The number of rotatable bonds is 2. The molecular formula is C9H7Cl2FO. The molecule has 0 fully saturated rings. The van der Waals surface area contributed by atoms with Gasteiger partial charge in [-0.25, -0.2) is 4.39 Å². The molecule has 0 aromatic heterocycles. The first-order valence-electron chi connectivity index (χ1n) is 3.61. The Morgan fingerprint density at radius 2 is 2.15 bits per heavy atom. The van der Waals surface area contributed by atoms with Gasteiger partial charge in [0.05, 0.1) is 10.9 Å². The molecule has 70 valence electrons. The fourth-order valence-corrected chi connectivity index (χ4v) is 1.35. The molecule has 0 N–H and O–H groups in total. The van der Waals surface area contributed by atoms with Gasteiger partial charge in [-0.15, -0.1) is 11.6 Å². The molecule has 0 saturated carbocycles. The van der Waals surface area contributed by atoms with Crippen LogP contribution >= 0.6 is 23.2 Å². The molecule has 0 heterocycles. The SMILES string of the molecule is Cc1c(F)ccc(C(=O)CCl)c1Cl. The topological polar surface area (TPSA) is 17.1 Å². The Hall–Kier alpha value is -0.600. The van der Waals surface area contributed by atoms with Crippen LogP contribution in [0.4, 0.5) is 4.39 Å². The van der Waals surface area contributed by atoms with Crippen molar-refractivity contribution in [3.8, 4) is 0 Å². The van der Waals surface area contributed by atoms with Crippen molar-refractivity contribution < 1.29 is 9.18 Å². The molecule has 13 heavy (non-hydrogen) atoms. The van der Waals surface area contributed by atoms with Crippen LogP contribution in [0.25, 0.3) is 0 Å². The maximum atomic E-state index is 12.9. The lowest BCUT2D eigenvalue weighted by molar-refractivity contribution is 0.102. The van der Waals surface area contributed by atoms with Gasteiger partial charge < -0.3 is 0 Å². The van der Waals surface area contributed by atoms with Gasteiger partial charge in [0.2, 0.25) is 0 Å². The average molecular weight is 221 g/mol. The molecular weight excluding hydrogens is 214 g/mol. The molecule has 1 nitrogen and oxygen atoms in total. The quantitative estimate of drug-likeness (QED) is 0.553. The number of benzene rings is 1. The van der Waals surface area contributed by atoms with Gasteiger partial charge >= 0.3 is 0 Å². The fraction of sp³-hybridized carbons (Fsp3) is 0.222. The Morgan fingerprint density at radius 3 is 2.69 bits per heavy atom. The van der Waals surface area contributed by atoms with Crippen molar-refractivity contribution in [3.63, 3.8) is 0 Å². The van der Waals surface area contributed by atoms with E-state index in [0.717, 1.165) is 0 Å². The first kappa shape index (κ1) is 10.5. The van der Waals surface area contributed by atoms with Crippen molar-refractivity contribution in [2.45, 2.75) is 6.92 Å². The zero-order chi connectivity index (χ0) is 10.0. The summed E-state index contributed by atoms with van der Waals surface area (Å²) in [6.45, 7) is 1.52. The zero-order valence-corrected chi connectivity index (χ0v) is 8.42. The number of Topliss-reactive ketones (excluding diaryl/α,β-unsaturated/α-hetero) is 1. The van der Waals surface area contributed by atoms with Crippen LogP contribution in [0, 0.1) is 12.7 Å². The van der Waals surface area contributed by atoms with E-state index in [1.165, 1.54) is 19.1 Å². The molecule has 0 bridgehead atoms. The third-order valence-electron chi connectivity index (χ3n) is 1.74. The van der Waals surface area contributed by atoms with E-state index in [-0.39, 0.29) is 27.8 Å². The lowest BCUT2D eigenvalue weighted by atomic mass is 10.1. The Kier molecular flexibility index (Phi) is 3.28. The monoisotopic (exact) mass is 220 g/mol. The predicted molar refractivity (Wildman–Crippen MR) is 51.2 cm³/mol. The summed E-state index contributed by atoms with van der Waals surface area (Å²) in [5.74, 6) is -0.865. The summed E-state index contributed by atoms with van der Waals surface area (Å²) in [6.07, 6.45) is 0. The van der Waals surface area contributed by atoms with E-state index in [1.807, 2.05) is 0 Å². The summed E-state index contributed by atoms with van der Waals surface area (Å²) < 4.78 is 12.9. The maximum Gasteiger partial charge on any atom is 0.179 e. The summed E-state index contributed by atoms with van der Waals surface area (Å²) in [5.41, 5.74) is 0.549. The van der Waals surface area contributed by atoms with Crippen molar-refractivity contribution in [1.82, 2.24) is 0 Å². The number of hydrogen-bond donors (Lipinski definition) is 0. The number of carbonyl (C=O) groups excluding carboxylic acids is 1. The molecule has 0 atom stereocenters. The largest absolute Gasteiger partial charge is 0.293 e. The minimum absolute atomic E-state index is 0.144. The van der Waals surface area contributed by atoms with Crippen molar-refractivity contribution >= 4 is 29.0 Å². The molecule has 1 rings (SSSR count). The van der Waals surface area contributed by atoms with Gasteiger partial charge in [-0.2, -0.15) is 0 Å². The van der Waals surface area contributed by atoms with E-state index in [1.54, 1.807) is 0 Å². The third kappa shape index (κ3) is 2.01. The van der Waals surface area contributed by atoms with Crippen LogP contribution in [-0.2, 0) is 0 Å². The fourth-order valence-electron chi connectivity index (χ4n) is 0.949. The Balaban J connectivity index is 3.26. The summed E-state index contributed by atoms with van der Waals surface area (Å²) in [6, 6.07) is 2.55. The zero-order valence-electron chi connectivity index (χ0n) is 6.90. The highest BCUT2D eigenvalue weighted by atomic mass is 35.5. The molecule has 0 spiro atoms. The number of carbonyl (C=O) groups is 1. The Morgan fingerprint density at radius 1 is 1.54 bits per heavy atom. The highest BCUT2D eigenvalue weighted by molar-refractivity contribution is 6.37. The van der Waals surface area contributed by atoms with Crippen LogP contribution in [0.15, 0.2) is 12.1 Å².